The molecule has 0 bridgehead atoms. The number of benzene rings is 7. The van der Waals surface area contributed by atoms with Gasteiger partial charge >= 0.3 is 0 Å². The maximum atomic E-state index is 5.13. The molecule has 1 heterocycles. The van der Waals surface area contributed by atoms with Crippen molar-refractivity contribution in [2.75, 3.05) is 0 Å². The van der Waals surface area contributed by atoms with Crippen molar-refractivity contribution in [3.05, 3.63) is 192 Å². The van der Waals surface area contributed by atoms with Crippen molar-refractivity contribution in [1.82, 2.24) is 9.97 Å². The summed E-state index contributed by atoms with van der Waals surface area (Å²) in [5.74, 6) is 0.719. The normalized spacial score (nSPS) is 14.2. The van der Waals surface area contributed by atoms with E-state index in [0.29, 0.717) is 0 Å². The fourth-order valence-electron chi connectivity index (χ4n) is 8.96. The average Bonchev–Trinajstić information content (AvgIpc) is 3.60. The second-order valence-electron chi connectivity index (χ2n) is 15.8. The molecule has 0 N–H and O–H groups in total. The number of hydrogen-bond acceptors (Lipinski definition) is 2. The minimum Gasteiger partial charge on any atom is -0.228 e. The summed E-state index contributed by atoms with van der Waals surface area (Å²) in [6.07, 6.45) is 0. The predicted octanol–water partition coefficient (Wildman–Crippen LogP) is 13.4. The van der Waals surface area contributed by atoms with Crippen molar-refractivity contribution in [2.45, 2.75) is 38.5 Å². The first-order chi connectivity index (χ1) is 26.3. The molecule has 258 valence electrons. The molecular weight excluding hydrogens is 653 g/mol. The highest BCUT2D eigenvalue weighted by Crippen LogP contribution is 2.57. The van der Waals surface area contributed by atoms with E-state index in [1.54, 1.807) is 0 Å². The van der Waals surface area contributed by atoms with Crippen molar-refractivity contribution in [2.24, 2.45) is 0 Å². The van der Waals surface area contributed by atoms with Gasteiger partial charge in [-0.15, -0.1) is 0 Å². The molecule has 0 aliphatic heterocycles. The van der Waals surface area contributed by atoms with Crippen LogP contribution in [0.15, 0.2) is 170 Å². The van der Waals surface area contributed by atoms with Gasteiger partial charge in [-0.1, -0.05) is 179 Å². The predicted molar refractivity (Wildman–Crippen MR) is 224 cm³/mol. The topological polar surface area (TPSA) is 25.8 Å². The van der Waals surface area contributed by atoms with E-state index in [1.165, 1.54) is 66.8 Å². The van der Waals surface area contributed by atoms with Crippen LogP contribution in [-0.2, 0) is 10.8 Å². The zero-order valence-electron chi connectivity index (χ0n) is 31.1. The Hall–Kier alpha value is -6.38. The van der Waals surface area contributed by atoms with Crippen molar-refractivity contribution in [3.63, 3.8) is 0 Å². The zero-order chi connectivity index (χ0) is 36.6. The lowest BCUT2D eigenvalue weighted by Gasteiger charge is -2.24. The second-order valence-corrected chi connectivity index (χ2v) is 15.8. The molecule has 0 saturated heterocycles. The van der Waals surface area contributed by atoms with Gasteiger partial charge in [0.15, 0.2) is 5.82 Å². The van der Waals surface area contributed by atoms with Crippen LogP contribution in [0.25, 0.3) is 78.4 Å². The van der Waals surface area contributed by atoms with Crippen LogP contribution in [0, 0.1) is 0 Å². The van der Waals surface area contributed by atoms with Crippen molar-refractivity contribution < 1.29 is 0 Å². The van der Waals surface area contributed by atoms with Gasteiger partial charge in [0, 0.05) is 27.5 Å². The minimum atomic E-state index is -0.109. The Balaban J connectivity index is 1.05. The number of fused-ring (bicyclic) bond motifs is 6. The summed E-state index contributed by atoms with van der Waals surface area (Å²) in [7, 11) is 0. The van der Waals surface area contributed by atoms with Gasteiger partial charge in [0.25, 0.3) is 0 Å². The molecule has 2 heteroatoms. The molecule has 8 aromatic rings. The van der Waals surface area contributed by atoms with E-state index in [0.717, 1.165) is 33.9 Å². The molecular formula is C52H40N2. The summed E-state index contributed by atoms with van der Waals surface area (Å²) in [5.41, 5.74) is 20.7. The first-order valence-corrected chi connectivity index (χ1v) is 18.9. The monoisotopic (exact) mass is 692 g/mol. The molecule has 0 amide bonds. The fraction of sp³-hybridized carbons (Fsp3) is 0.115. The molecule has 2 nitrogen and oxygen atoms in total. The van der Waals surface area contributed by atoms with E-state index >= 15 is 0 Å². The Morgan fingerprint density at radius 2 is 0.778 bits per heavy atom. The number of aromatic nitrogens is 2. The summed E-state index contributed by atoms with van der Waals surface area (Å²) in [6, 6.07) is 61.3. The van der Waals surface area contributed by atoms with Crippen molar-refractivity contribution in [1.29, 1.82) is 0 Å². The highest BCUT2D eigenvalue weighted by Gasteiger charge is 2.42. The standard InChI is InChI=1S/C52H40N2/c1-51(2)43-20-12-11-18-40(43)41-30-46-42(31-45(41)51)49-39(19-13-21-44(49)52(46,3)4)35-24-28-37(29-25-35)48-32-47(53-50(54-48)38-16-9-6-10-17-38)36-26-22-34(23-27-36)33-14-7-5-8-15-33/h5-32H,1-4H3. The molecule has 54 heavy (non-hydrogen) atoms. The van der Waals surface area contributed by atoms with E-state index in [1.807, 2.05) is 18.2 Å². The highest BCUT2D eigenvalue weighted by atomic mass is 14.9. The molecule has 7 aromatic carbocycles. The molecule has 2 aliphatic carbocycles. The second kappa shape index (κ2) is 12.1. The molecule has 0 spiro atoms. The molecule has 0 saturated carbocycles. The van der Waals surface area contributed by atoms with Gasteiger partial charge in [0.1, 0.15) is 0 Å². The van der Waals surface area contributed by atoms with E-state index in [9.17, 15) is 0 Å². The Morgan fingerprint density at radius 1 is 0.315 bits per heavy atom. The van der Waals surface area contributed by atoms with Crippen LogP contribution in [0.3, 0.4) is 0 Å². The molecule has 10 rings (SSSR count). The van der Waals surface area contributed by atoms with Crippen LogP contribution < -0.4 is 0 Å². The van der Waals surface area contributed by atoms with E-state index in [2.05, 4.69) is 179 Å². The first kappa shape index (κ1) is 32.3. The van der Waals surface area contributed by atoms with Crippen molar-refractivity contribution in [3.8, 4) is 78.4 Å². The lowest BCUT2D eigenvalue weighted by atomic mass is 9.79. The maximum absolute atomic E-state index is 5.13. The molecule has 0 fully saturated rings. The summed E-state index contributed by atoms with van der Waals surface area (Å²) in [5, 5.41) is 0. The Labute approximate surface area is 317 Å². The zero-order valence-corrected chi connectivity index (χ0v) is 31.1. The highest BCUT2D eigenvalue weighted by molar-refractivity contribution is 5.96. The largest absolute Gasteiger partial charge is 0.228 e. The molecule has 1 aromatic heterocycles. The summed E-state index contributed by atoms with van der Waals surface area (Å²) in [4.78, 5) is 10.2. The molecule has 0 unspecified atom stereocenters. The first-order valence-electron chi connectivity index (χ1n) is 18.9. The Morgan fingerprint density at radius 3 is 1.44 bits per heavy atom. The number of hydrogen-bond donors (Lipinski definition) is 0. The third-order valence-corrected chi connectivity index (χ3v) is 11.9. The minimum absolute atomic E-state index is 0.0522. The third kappa shape index (κ3) is 5.01. The van der Waals surface area contributed by atoms with Crippen LogP contribution in [-0.4, -0.2) is 9.97 Å². The lowest BCUT2D eigenvalue weighted by molar-refractivity contribution is 0.652. The lowest BCUT2D eigenvalue weighted by Crippen LogP contribution is -2.16. The van der Waals surface area contributed by atoms with Crippen LogP contribution in [0.2, 0.25) is 0 Å². The van der Waals surface area contributed by atoms with Gasteiger partial charge in [-0.25, -0.2) is 9.97 Å². The van der Waals surface area contributed by atoms with Gasteiger partial charge in [-0.2, -0.15) is 0 Å². The Bertz CT molecular complexity index is 2720. The van der Waals surface area contributed by atoms with E-state index in [4.69, 9.17) is 9.97 Å². The third-order valence-electron chi connectivity index (χ3n) is 11.9. The van der Waals surface area contributed by atoms with Crippen LogP contribution in [0.1, 0.15) is 49.9 Å². The van der Waals surface area contributed by atoms with Gasteiger partial charge in [0.05, 0.1) is 11.4 Å². The van der Waals surface area contributed by atoms with Gasteiger partial charge in [0.2, 0.25) is 0 Å². The number of nitrogens with zero attached hydrogens (tertiary/aromatic N) is 2. The van der Waals surface area contributed by atoms with E-state index in [-0.39, 0.29) is 10.8 Å². The summed E-state index contributed by atoms with van der Waals surface area (Å²) >= 11 is 0. The quantitative estimate of drug-likeness (QED) is 0.179. The maximum Gasteiger partial charge on any atom is 0.160 e. The van der Waals surface area contributed by atoms with Crippen LogP contribution >= 0.6 is 0 Å². The Kier molecular flexibility index (Phi) is 7.22. The summed E-state index contributed by atoms with van der Waals surface area (Å²) in [6.45, 7) is 9.51. The van der Waals surface area contributed by atoms with E-state index < -0.39 is 0 Å². The van der Waals surface area contributed by atoms with Crippen molar-refractivity contribution >= 4 is 0 Å². The van der Waals surface area contributed by atoms with Crippen LogP contribution in [0.5, 0.6) is 0 Å². The summed E-state index contributed by atoms with van der Waals surface area (Å²) < 4.78 is 0. The fourth-order valence-corrected chi connectivity index (χ4v) is 8.96. The SMILES string of the molecule is CC1(C)c2ccccc2-c2cc3c(cc21)-c1c(-c2ccc(-c4cc(-c5ccc(-c6ccccc6)cc5)nc(-c5ccccc5)n4)cc2)cccc1C3(C)C. The smallest absolute Gasteiger partial charge is 0.160 e. The van der Waals surface area contributed by atoms with Gasteiger partial charge < -0.3 is 0 Å². The van der Waals surface area contributed by atoms with Gasteiger partial charge in [-0.3, -0.25) is 0 Å². The van der Waals surface area contributed by atoms with Gasteiger partial charge in [-0.05, 0) is 85.0 Å². The average molecular weight is 693 g/mol. The number of rotatable bonds is 5. The molecule has 0 radical (unpaired) electrons. The molecule has 2 aliphatic rings. The van der Waals surface area contributed by atoms with Crippen LogP contribution in [0.4, 0.5) is 0 Å². The molecule has 0 atom stereocenters.